The molecular formula is C37H67ClN2. The lowest BCUT2D eigenvalue weighted by Gasteiger charge is -2.53. The maximum Gasteiger partial charge on any atom is 0.0342 e. The van der Waals surface area contributed by atoms with Gasteiger partial charge in [0.2, 0.25) is 0 Å². The van der Waals surface area contributed by atoms with Crippen LogP contribution in [0.3, 0.4) is 0 Å². The molecule has 0 spiro atoms. The minimum Gasteiger partial charge on any atom is -0.309 e. The number of nitrogens with one attached hydrogen (secondary N) is 2. The molecule has 1 aliphatic heterocycles. The number of fused-ring (bicyclic) bond motifs is 1. The molecule has 0 aromatic rings. The van der Waals surface area contributed by atoms with Gasteiger partial charge in [0.25, 0.3) is 0 Å². The Morgan fingerprint density at radius 2 is 1.12 bits per heavy atom. The maximum atomic E-state index is 6.98. The van der Waals surface area contributed by atoms with E-state index in [9.17, 15) is 0 Å². The highest BCUT2D eigenvalue weighted by Gasteiger charge is 2.47. The molecule has 3 heteroatoms. The van der Waals surface area contributed by atoms with Crippen LogP contribution in [0.1, 0.15) is 144 Å². The van der Waals surface area contributed by atoms with Crippen LogP contribution in [-0.4, -0.2) is 29.5 Å². The zero-order chi connectivity index (χ0) is 28.4. The van der Waals surface area contributed by atoms with Gasteiger partial charge in [0.15, 0.2) is 0 Å². The predicted molar refractivity (Wildman–Crippen MR) is 174 cm³/mol. The van der Waals surface area contributed by atoms with Crippen LogP contribution in [-0.2, 0) is 0 Å². The van der Waals surface area contributed by atoms with Crippen molar-refractivity contribution < 1.29 is 0 Å². The van der Waals surface area contributed by atoms with E-state index >= 15 is 0 Å². The van der Waals surface area contributed by atoms with E-state index in [0.717, 1.165) is 41.5 Å². The average Bonchev–Trinajstić information content (AvgIpc) is 2.95. The topological polar surface area (TPSA) is 24.1 Å². The molecule has 10 unspecified atom stereocenters. The van der Waals surface area contributed by atoms with Crippen molar-refractivity contribution in [1.29, 1.82) is 0 Å². The van der Waals surface area contributed by atoms with E-state index in [1.54, 1.807) is 0 Å². The van der Waals surface area contributed by atoms with Crippen molar-refractivity contribution in [1.82, 2.24) is 10.6 Å². The highest BCUT2D eigenvalue weighted by atomic mass is 35.5. The molecule has 0 radical (unpaired) electrons. The summed E-state index contributed by atoms with van der Waals surface area (Å²) in [6, 6.07) is 2.62. The first-order chi connectivity index (χ1) is 19.2. The Kier molecular flexibility index (Phi) is 11.3. The molecule has 2 nitrogen and oxygen atoms in total. The third-order valence-electron chi connectivity index (χ3n) is 13.3. The van der Waals surface area contributed by atoms with Gasteiger partial charge >= 0.3 is 0 Å². The normalized spacial score (nSPS) is 44.1. The van der Waals surface area contributed by atoms with Gasteiger partial charge in [-0.2, -0.15) is 0 Å². The van der Waals surface area contributed by atoms with Crippen molar-refractivity contribution in [3.63, 3.8) is 0 Å². The summed E-state index contributed by atoms with van der Waals surface area (Å²) in [7, 11) is 0. The van der Waals surface area contributed by atoms with Gasteiger partial charge in [0.05, 0.1) is 0 Å². The number of hydrogen-bond acceptors (Lipinski definition) is 2. The standard InChI is InChI=1S/C37H67ClN2/c1-23(2)28-15-9-10-17-31(28)37(40-36-32(24(3)4)21-27(38)22-33(36)25(5)6)35-20-12-19-34(39-35)30-18-11-14-26-13-7-8-16-29(26)30/h23-37,39-40H,7-22H2,1-6H3. The second-order valence-electron chi connectivity index (χ2n) is 16.6. The van der Waals surface area contributed by atoms with Crippen molar-refractivity contribution in [3.05, 3.63) is 0 Å². The van der Waals surface area contributed by atoms with E-state index in [2.05, 4.69) is 52.2 Å². The van der Waals surface area contributed by atoms with Crippen LogP contribution in [0.2, 0.25) is 0 Å². The van der Waals surface area contributed by atoms with Crippen LogP contribution in [0, 0.1) is 59.2 Å². The average molecular weight is 575 g/mol. The summed E-state index contributed by atoms with van der Waals surface area (Å²) in [5, 5.41) is 9.48. The Balaban J connectivity index is 1.42. The summed E-state index contributed by atoms with van der Waals surface area (Å²) in [5.41, 5.74) is 0. The lowest BCUT2D eigenvalue weighted by molar-refractivity contribution is 0.0309. The number of rotatable bonds is 8. The Bertz CT molecular complexity index is 745. The van der Waals surface area contributed by atoms with Gasteiger partial charge in [0, 0.05) is 29.5 Å². The molecule has 5 rings (SSSR count). The summed E-state index contributed by atoms with van der Waals surface area (Å²) < 4.78 is 0. The molecule has 2 N–H and O–H groups in total. The Labute approximate surface area is 254 Å². The van der Waals surface area contributed by atoms with Crippen LogP contribution in [0.15, 0.2) is 0 Å². The highest BCUT2D eigenvalue weighted by Crippen LogP contribution is 2.48. The van der Waals surface area contributed by atoms with Crippen LogP contribution < -0.4 is 10.6 Å². The van der Waals surface area contributed by atoms with Gasteiger partial charge < -0.3 is 10.6 Å². The van der Waals surface area contributed by atoms with Crippen molar-refractivity contribution in [3.8, 4) is 0 Å². The quantitative estimate of drug-likeness (QED) is 0.282. The first kappa shape index (κ1) is 31.6. The lowest BCUT2D eigenvalue weighted by Crippen LogP contribution is -2.64. The Morgan fingerprint density at radius 3 is 1.80 bits per heavy atom. The predicted octanol–water partition coefficient (Wildman–Crippen LogP) is 9.84. The van der Waals surface area contributed by atoms with E-state index in [4.69, 9.17) is 11.6 Å². The molecule has 10 atom stereocenters. The second kappa shape index (κ2) is 14.3. The van der Waals surface area contributed by atoms with Crippen molar-refractivity contribution in [2.24, 2.45) is 59.2 Å². The van der Waals surface area contributed by atoms with Crippen molar-refractivity contribution >= 4 is 11.6 Å². The Hall–Kier alpha value is 0.210. The van der Waals surface area contributed by atoms with Crippen molar-refractivity contribution in [2.75, 3.05) is 0 Å². The summed E-state index contributed by atoms with van der Waals surface area (Å²) in [4.78, 5) is 0. The van der Waals surface area contributed by atoms with Gasteiger partial charge in [-0.25, -0.2) is 0 Å². The van der Waals surface area contributed by atoms with Crippen LogP contribution in [0.5, 0.6) is 0 Å². The summed E-state index contributed by atoms with van der Waals surface area (Å²) in [6.45, 7) is 14.9. The Morgan fingerprint density at radius 1 is 0.575 bits per heavy atom. The zero-order valence-electron chi connectivity index (χ0n) is 27.4. The first-order valence-corrected chi connectivity index (χ1v) is 18.8. The molecule has 0 amide bonds. The molecule has 0 aromatic heterocycles. The number of piperidine rings is 1. The molecule has 232 valence electrons. The van der Waals surface area contributed by atoms with E-state index in [1.165, 1.54) is 103 Å². The lowest BCUT2D eigenvalue weighted by atomic mass is 9.62. The van der Waals surface area contributed by atoms with Gasteiger partial charge in [-0.1, -0.05) is 92.9 Å². The number of halogens is 1. The van der Waals surface area contributed by atoms with E-state index in [1.807, 2.05) is 0 Å². The molecule has 4 aliphatic carbocycles. The van der Waals surface area contributed by atoms with Gasteiger partial charge in [0.1, 0.15) is 0 Å². The number of hydrogen-bond donors (Lipinski definition) is 2. The minimum atomic E-state index is 0.348. The van der Waals surface area contributed by atoms with E-state index in [0.29, 0.717) is 47.2 Å². The second-order valence-corrected chi connectivity index (χ2v) is 17.2. The van der Waals surface area contributed by atoms with Gasteiger partial charge in [-0.15, -0.1) is 11.6 Å². The summed E-state index contributed by atoms with van der Waals surface area (Å²) in [6.07, 6.45) is 22.9. The molecule has 1 heterocycles. The number of alkyl halides is 1. The monoisotopic (exact) mass is 574 g/mol. The van der Waals surface area contributed by atoms with Crippen LogP contribution in [0.25, 0.3) is 0 Å². The molecule has 0 aromatic carbocycles. The third kappa shape index (κ3) is 7.12. The minimum absolute atomic E-state index is 0.348. The third-order valence-corrected chi connectivity index (χ3v) is 13.7. The summed E-state index contributed by atoms with van der Waals surface area (Å²) in [5.74, 6) is 8.20. The fourth-order valence-corrected chi connectivity index (χ4v) is 11.7. The maximum absolute atomic E-state index is 6.98. The van der Waals surface area contributed by atoms with E-state index < -0.39 is 0 Å². The fourth-order valence-electron chi connectivity index (χ4n) is 11.2. The summed E-state index contributed by atoms with van der Waals surface area (Å²) >= 11 is 6.98. The smallest absolute Gasteiger partial charge is 0.0342 e. The fraction of sp³-hybridized carbons (Fsp3) is 1.00. The van der Waals surface area contributed by atoms with Crippen molar-refractivity contribution in [2.45, 2.75) is 174 Å². The molecule has 4 saturated carbocycles. The van der Waals surface area contributed by atoms with Crippen LogP contribution in [0.4, 0.5) is 0 Å². The molecule has 1 saturated heterocycles. The van der Waals surface area contributed by atoms with Crippen LogP contribution >= 0.6 is 11.6 Å². The SMILES string of the molecule is CC(C)C1CCCCC1C(NC1C(C(C)C)CC(Cl)CC1C(C)C)C1CCCC(C2CCCC3CCCCC32)N1. The largest absolute Gasteiger partial charge is 0.309 e. The molecule has 40 heavy (non-hydrogen) atoms. The molecule has 5 fully saturated rings. The van der Waals surface area contributed by atoms with Gasteiger partial charge in [-0.3, -0.25) is 0 Å². The molecule has 5 aliphatic rings. The van der Waals surface area contributed by atoms with Gasteiger partial charge in [-0.05, 0) is 111 Å². The molecule has 0 bridgehead atoms. The zero-order valence-corrected chi connectivity index (χ0v) is 28.1. The van der Waals surface area contributed by atoms with E-state index in [-0.39, 0.29) is 0 Å². The highest BCUT2D eigenvalue weighted by molar-refractivity contribution is 6.20. The first-order valence-electron chi connectivity index (χ1n) is 18.4. The molecular weight excluding hydrogens is 508 g/mol.